The van der Waals surface area contributed by atoms with Gasteiger partial charge in [0.25, 0.3) is 0 Å². The van der Waals surface area contributed by atoms with E-state index in [-0.39, 0.29) is 0 Å². The Morgan fingerprint density at radius 3 is 3.27 bits per heavy atom. The maximum atomic E-state index is 3.46. The molecule has 2 aliphatic heterocycles. The van der Waals surface area contributed by atoms with Crippen LogP contribution in [0, 0.1) is 12.0 Å². The summed E-state index contributed by atoms with van der Waals surface area (Å²) >= 11 is 0. The second kappa shape index (κ2) is 2.20. The second-order valence-electron chi connectivity index (χ2n) is 4.03. The molecular formula is C9H15N2. The van der Waals surface area contributed by atoms with Crippen molar-refractivity contribution >= 4 is 0 Å². The van der Waals surface area contributed by atoms with E-state index >= 15 is 0 Å². The molecule has 3 aliphatic rings. The Bertz CT molecular complexity index is 151. The zero-order chi connectivity index (χ0) is 7.26. The molecule has 0 aromatic carbocycles. The van der Waals surface area contributed by atoms with E-state index in [1.165, 1.54) is 38.9 Å². The molecule has 0 aromatic heterocycles. The molecular weight excluding hydrogens is 136 g/mol. The van der Waals surface area contributed by atoms with E-state index in [9.17, 15) is 0 Å². The summed E-state index contributed by atoms with van der Waals surface area (Å²) in [6, 6.07) is 2.67. The molecule has 1 N–H and O–H groups in total. The smallest absolute Gasteiger partial charge is 0.0564 e. The molecule has 1 saturated carbocycles. The molecule has 2 bridgehead atoms. The fourth-order valence-electron chi connectivity index (χ4n) is 3.00. The summed E-state index contributed by atoms with van der Waals surface area (Å²) in [4.78, 5) is 2.67. The summed E-state index contributed by atoms with van der Waals surface area (Å²) in [6.45, 7) is 3.66. The molecule has 0 spiro atoms. The Morgan fingerprint density at radius 1 is 1.36 bits per heavy atom. The van der Waals surface area contributed by atoms with Crippen molar-refractivity contribution in [2.45, 2.75) is 25.3 Å². The van der Waals surface area contributed by atoms with Gasteiger partial charge in [-0.1, -0.05) is 0 Å². The third-order valence-corrected chi connectivity index (χ3v) is 3.52. The van der Waals surface area contributed by atoms with Crippen LogP contribution in [-0.2, 0) is 0 Å². The number of fused-ring (bicyclic) bond motifs is 5. The van der Waals surface area contributed by atoms with Gasteiger partial charge in [0, 0.05) is 25.7 Å². The molecule has 2 heterocycles. The van der Waals surface area contributed by atoms with Crippen molar-refractivity contribution in [1.29, 1.82) is 0 Å². The van der Waals surface area contributed by atoms with E-state index in [2.05, 4.69) is 10.2 Å². The van der Waals surface area contributed by atoms with Gasteiger partial charge in [-0.05, 0) is 25.2 Å². The zero-order valence-electron chi connectivity index (χ0n) is 6.84. The van der Waals surface area contributed by atoms with E-state index < -0.39 is 0 Å². The third-order valence-electron chi connectivity index (χ3n) is 3.52. The largest absolute Gasteiger partial charge is 0.314 e. The van der Waals surface area contributed by atoms with Crippen molar-refractivity contribution in [3.05, 3.63) is 6.04 Å². The minimum absolute atomic E-state index is 0.942. The van der Waals surface area contributed by atoms with E-state index in [0.717, 1.165) is 12.0 Å². The van der Waals surface area contributed by atoms with Crippen molar-refractivity contribution < 1.29 is 0 Å². The molecule has 61 valence electrons. The van der Waals surface area contributed by atoms with Gasteiger partial charge in [0.1, 0.15) is 0 Å². The number of rotatable bonds is 0. The molecule has 1 radical (unpaired) electrons. The Kier molecular flexibility index (Phi) is 1.29. The fourth-order valence-corrected chi connectivity index (χ4v) is 3.00. The standard InChI is InChI=1S/C9H15N2/c1-2-8-5-7(1)9-6-10-3-4-11(8)9/h7-8,10H,1-6H2. The van der Waals surface area contributed by atoms with Gasteiger partial charge in [-0.25, -0.2) is 0 Å². The van der Waals surface area contributed by atoms with Crippen molar-refractivity contribution in [2.75, 3.05) is 19.6 Å². The van der Waals surface area contributed by atoms with Crippen molar-refractivity contribution in [1.82, 2.24) is 10.2 Å². The van der Waals surface area contributed by atoms with Crippen LogP contribution in [0.1, 0.15) is 19.3 Å². The lowest BCUT2D eigenvalue weighted by atomic mass is 9.97. The number of piperidine rings is 1. The molecule has 0 amide bonds. The average Bonchev–Trinajstić information content (AvgIpc) is 2.64. The van der Waals surface area contributed by atoms with E-state index in [4.69, 9.17) is 0 Å². The van der Waals surface area contributed by atoms with Gasteiger partial charge in [-0.2, -0.15) is 0 Å². The van der Waals surface area contributed by atoms with Gasteiger partial charge in [0.15, 0.2) is 0 Å². The van der Waals surface area contributed by atoms with E-state index in [1.54, 1.807) is 6.04 Å². The first-order chi connectivity index (χ1) is 5.45. The van der Waals surface area contributed by atoms with E-state index in [0.29, 0.717) is 0 Å². The highest BCUT2D eigenvalue weighted by molar-refractivity contribution is 5.13. The molecule has 0 aromatic rings. The van der Waals surface area contributed by atoms with Crippen molar-refractivity contribution in [3.8, 4) is 0 Å². The lowest BCUT2D eigenvalue weighted by Crippen LogP contribution is -2.48. The van der Waals surface area contributed by atoms with Crippen LogP contribution in [0.4, 0.5) is 0 Å². The normalized spacial score (nSPS) is 44.7. The second-order valence-corrected chi connectivity index (χ2v) is 4.03. The maximum Gasteiger partial charge on any atom is 0.0564 e. The minimum atomic E-state index is 0.942. The number of nitrogens with zero attached hydrogens (tertiary/aromatic N) is 1. The summed E-state index contributed by atoms with van der Waals surface area (Å²) in [6.07, 6.45) is 4.41. The summed E-state index contributed by atoms with van der Waals surface area (Å²) in [5, 5.41) is 3.46. The fraction of sp³-hybridized carbons (Fsp3) is 0.889. The van der Waals surface area contributed by atoms with Crippen LogP contribution in [0.25, 0.3) is 0 Å². The van der Waals surface area contributed by atoms with Gasteiger partial charge < -0.3 is 5.32 Å². The van der Waals surface area contributed by atoms with Crippen LogP contribution in [0.5, 0.6) is 0 Å². The third kappa shape index (κ3) is 0.798. The highest BCUT2D eigenvalue weighted by Crippen LogP contribution is 2.46. The first kappa shape index (κ1) is 6.44. The highest BCUT2D eigenvalue weighted by atomic mass is 15.3. The van der Waals surface area contributed by atoms with E-state index in [1.807, 2.05) is 0 Å². The molecule has 11 heavy (non-hydrogen) atoms. The molecule has 2 nitrogen and oxygen atoms in total. The van der Waals surface area contributed by atoms with Crippen molar-refractivity contribution in [3.63, 3.8) is 0 Å². The Morgan fingerprint density at radius 2 is 2.36 bits per heavy atom. The first-order valence-electron chi connectivity index (χ1n) is 4.78. The molecule has 1 aliphatic carbocycles. The van der Waals surface area contributed by atoms with Crippen molar-refractivity contribution in [2.24, 2.45) is 5.92 Å². The number of hydrogen-bond donors (Lipinski definition) is 1. The maximum absolute atomic E-state index is 3.46. The SMILES string of the molecule is C1CN2[C](CN1)C1CCC2C1. The van der Waals surface area contributed by atoms with Crippen LogP contribution in [0.2, 0.25) is 0 Å². The highest BCUT2D eigenvalue weighted by Gasteiger charge is 2.46. The van der Waals surface area contributed by atoms with Gasteiger partial charge in [-0.3, -0.25) is 4.90 Å². The summed E-state index contributed by atoms with van der Waals surface area (Å²) in [5.74, 6) is 0.966. The van der Waals surface area contributed by atoms with Gasteiger partial charge in [0.2, 0.25) is 0 Å². The molecule has 2 saturated heterocycles. The molecule has 2 atom stereocenters. The molecule has 2 unspecified atom stereocenters. The number of piperazine rings is 1. The Balaban J connectivity index is 1.84. The van der Waals surface area contributed by atoms with Gasteiger partial charge in [0.05, 0.1) is 6.04 Å². The first-order valence-corrected chi connectivity index (χ1v) is 4.78. The lowest BCUT2D eigenvalue weighted by Gasteiger charge is -2.38. The molecule has 3 fully saturated rings. The monoisotopic (exact) mass is 151 g/mol. The average molecular weight is 151 g/mol. The van der Waals surface area contributed by atoms with Gasteiger partial charge in [-0.15, -0.1) is 0 Å². The minimum Gasteiger partial charge on any atom is -0.314 e. The van der Waals surface area contributed by atoms with Crippen LogP contribution >= 0.6 is 0 Å². The number of hydrogen-bond acceptors (Lipinski definition) is 2. The Labute approximate surface area is 68.0 Å². The van der Waals surface area contributed by atoms with Crippen LogP contribution in [0.15, 0.2) is 0 Å². The topological polar surface area (TPSA) is 15.3 Å². The molecule has 3 rings (SSSR count). The van der Waals surface area contributed by atoms with Gasteiger partial charge >= 0.3 is 0 Å². The summed E-state index contributed by atoms with van der Waals surface area (Å²) in [7, 11) is 0. The summed E-state index contributed by atoms with van der Waals surface area (Å²) < 4.78 is 0. The van der Waals surface area contributed by atoms with Crippen LogP contribution in [-0.4, -0.2) is 30.6 Å². The Hall–Kier alpha value is -0.0800. The zero-order valence-corrected chi connectivity index (χ0v) is 6.84. The van der Waals surface area contributed by atoms with Crippen LogP contribution in [0.3, 0.4) is 0 Å². The predicted octanol–water partition coefficient (Wildman–Crippen LogP) is 0.606. The predicted molar refractivity (Wildman–Crippen MR) is 43.9 cm³/mol. The van der Waals surface area contributed by atoms with Crippen LogP contribution < -0.4 is 5.32 Å². The summed E-state index contributed by atoms with van der Waals surface area (Å²) in [5.41, 5.74) is 0. The number of nitrogens with one attached hydrogen (secondary N) is 1. The molecule has 2 heteroatoms. The lowest BCUT2D eigenvalue weighted by molar-refractivity contribution is 0.184. The quantitative estimate of drug-likeness (QED) is 0.545.